The van der Waals surface area contributed by atoms with E-state index in [2.05, 4.69) is 10.1 Å². The molecule has 5 nitrogen and oxygen atoms in total. The van der Waals surface area contributed by atoms with E-state index in [-0.39, 0.29) is 0 Å². The lowest BCUT2D eigenvalue weighted by molar-refractivity contribution is 0.433. The molecule has 0 unspecified atom stereocenters. The van der Waals surface area contributed by atoms with Crippen LogP contribution in [-0.2, 0) is 7.05 Å². The molecule has 62 valence electrons. The van der Waals surface area contributed by atoms with Gasteiger partial charge in [0.2, 0.25) is 0 Å². The van der Waals surface area contributed by atoms with Crippen molar-refractivity contribution in [3.63, 3.8) is 0 Å². The van der Waals surface area contributed by atoms with Gasteiger partial charge in [-0.15, -0.1) is 0 Å². The molecule has 12 heavy (non-hydrogen) atoms. The maximum atomic E-state index is 5.40. The van der Waals surface area contributed by atoms with Crippen LogP contribution in [0.4, 0.5) is 5.82 Å². The van der Waals surface area contributed by atoms with Gasteiger partial charge in [0, 0.05) is 13.1 Å². The van der Waals surface area contributed by atoms with Gasteiger partial charge in [-0.3, -0.25) is 0 Å². The summed E-state index contributed by atoms with van der Waals surface area (Å²) in [5.41, 5.74) is 6.26. The SMILES string of the molecule is Cn1cncc1-c1cc(N)no1. The van der Waals surface area contributed by atoms with Crippen LogP contribution >= 0.6 is 0 Å². The molecule has 0 spiro atoms. The van der Waals surface area contributed by atoms with Crippen LogP contribution in [0.3, 0.4) is 0 Å². The Hall–Kier alpha value is -1.78. The van der Waals surface area contributed by atoms with E-state index in [1.165, 1.54) is 0 Å². The molecule has 2 N–H and O–H groups in total. The summed E-state index contributed by atoms with van der Waals surface area (Å²) >= 11 is 0. The van der Waals surface area contributed by atoms with E-state index in [1.54, 1.807) is 18.6 Å². The maximum Gasteiger partial charge on any atom is 0.187 e. The number of aromatic nitrogens is 3. The summed E-state index contributed by atoms with van der Waals surface area (Å²) in [5.74, 6) is 1.01. The van der Waals surface area contributed by atoms with Gasteiger partial charge in [0.15, 0.2) is 11.6 Å². The Morgan fingerprint density at radius 2 is 2.42 bits per heavy atom. The minimum absolute atomic E-state index is 0.381. The summed E-state index contributed by atoms with van der Waals surface area (Å²) in [4.78, 5) is 3.94. The van der Waals surface area contributed by atoms with Crippen LogP contribution in [-0.4, -0.2) is 14.7 Å². The van der Waals surface area contributed by atoms with Crippen molar-refractivity contribution in [2.75, 3.05) is 5.73 Å². The molecule has 2 aromatic rings. The van der Waals surface area contributed by atoms with Crippen LogP contribution < -0.4 is 5.73 Å². The van der Waals surface area contributed by atoms with E-state index in [1.807, 2.05) is 11.6 Å². The molecule has 2 aromatic heterocycles. The number of rotatable bonds is 1. The molecule has 5 heteroatoms. The van der Waals surface area contributed by atoms with Crippen molar-refractivity contribution in [3.05, 3.63) is 18.6 Å². The first-order valence-electron chi connectivity index (χ1n) is 3.46. The molecule has 0 saturated carbocycles. The van der Waals surface area contributed by atoms with Gasteiger partial charge in [0.1, 0.15) is 5.69 Å². The van der Waals surface area contributed by atoms with Gasteiger partial charge in [0.25, 0.3) is 0 Å². The standard InChI is InChI=1S/C7H8N4O/c1-11-4-9-3-5(11)6-2-7(8)10-12-6/h2-4H,1H3,(H2,8,10). The molecule has 2 rings (SSSR count). The molecule has 0 radical (unpaired) electrons. The van der Waals surface area contributed by atoms with E-state index >= 15 is 0 Å². The average molecular weight is 164 g/mol. The van der Waals surface area contributed by atoms with Crippen molar-refractivity contribution in [2.45, 2.75) is 0 Å². The smallest absolute Gasteiger partial charge is 0.187 e. The van der Waals surface area contributed by atoms with Gasteiger partial charge in [-0.25, -0.2) is 4.98 Å². The molecule has 0 aliphatic heterocycles. The minimum Gasteiger partial charge on any atom is -0.381 e. The molecular formula is C7H8N4O. The molecule has 0 aliphatic rings. The van der Waals surface area contributed by atoms with Gasteiger partial charge in [0.05, 0.1) is 12.5 Å². The summed E-state index contributed by atoms with van der Waals surface area (Å²) in [5, 5.41) is 3.58. The lowest BCUT2D eigenvalue weighted by Gasteiger charge is -1.93. The van der Waals surface area contributed by atoms with Crippen LogP contribution in [0.1, 0.15) is 0 Å². The molecule has 0 atom stereocenters. The summed E-state index contributed by atoms with van der Waals surface area (Å²) in [6.45, 7) is 0. The van der Waals surface area contributed by atoms with Crippen LogP contribution in [0, 0.1) is 0 Å². The van der Waals surface area contributed by atoms with Gasteiger partial charge >= 0.3 is 0 Å². The lowest BCUT2D eigenvalue weighted by Crippen LogP contribution is -1.87. The highest BCUT2D eigenvalue weighted by molar-refractivity contribution is 5.54. The molecule has 0 amide bonds. The van der Waals surface area contributed by atoms with Gasteiger partial charge in [-0.2, -0.15) is 0 Å². The third kappa shape index (κ3) is 0.952. The van der Waals surface area contributed by atoms with Crippen LogP contribution in [0.15, 0.2) is 23.1 Å². The molecule has 0 bridgehead atoms. The Morgan fingerprint density at radius 3 is 2.92 bits per heavy atom. The lowest BCUT2D eigenvalue weighted by atomic mass is 10.3. The number of imidazole rings is 1. The number of nitrogens with two attached hydrogens (primary N) is 1. The molecule has 0 aromatic carbocycles. The minimum atomic E-state index is 0.381. The van der Waals surface area contributed by atoms with E-state index in [9.17, 15) is 0 Å². The van der Waals surface area contributed by atoms with Gasteiger partial charge < -0.3 is 14.8 Å². The monoisotopic (exact) mass is 164 g/mol. The molecule has 0 saturated heterocycles. The Bertz CT molecular complexity index is 390. The third-order valence-electron chi connectivity index (χ3n) is 1.60. The van der Waals surface area contributed by atoms with Crippen molar-refractivity contribution in [1.82, 2.24) is 14.7 Å². The second kappa shape index (κ2) is 2.37. The van der Waals surface area contributed by atoms with Gasteiger partial charge in [-0.1, -0.05) is 5.16 Å². The van der Waals surface area contributed by atoms with Crippen LogP contribution in [0.2, 0.25) is 0 Å². The average Bonchev–Trinajstić information content (AvgIpc) is 2.58. The third-order valence-corrected chi connectivity index (χ3v) is 1.60. The highest BCUT2D eigenvalue weighted by Crippen LogP contribution is 2.19. The van der Waals surface area contributed by atoms with Crippen LogP contribution in [0.5, 0.6) is 0 Å². The number of nitrogens with zero attached hydrogens (tertiary/aromatic N) is 3. The van der Waals surface area contributed by atoms with Gasteiger partial charge in [-0.05, 0) is 0 Å². The summed E-state index contributed by atoms with van der Waals surface area (Å²) < 4.78 is 6.79. The number of hydrogen-bond donors (Lipinski definition) is 1. The number of aryl methyl sites for hydroxylation is 1. The van der Waals surface area contributed by atoms with Crippen molar-refractivity contribution >= 4 is 5.82 Å². The first-order valence-corrected chi connectivity index (χ1v) is 3.46. The zero-order valence-electron chi connectivity index (χ0n) is 6.56. The quantitative estimate of drug-likeness (QED) is 0.672. The van der Waals surface area contributed by atoms with E-state index in [4.69, 9.17) is 10.3 Å². The predicted molar refractivity (Wildman–Crippen MR) is 43.1 cm³/mol. The summed E-state index contributed by atoms with van der Waals surface area (Å²) in [6, 6.07) is 1.66. The summed E-state index contributed by atoms with van der Waals surface area (Å²) in [7, 11) is 1.88. The number of anilines is 1. The normalized spacial score (nSPS) is 10.4. The zero-order chi connectivity index (χ0) is 8.55. The number of hydrogen-bond acceptors (Lipinski definition) is 4. The largest absolute Gasteiger partial charge is 0.381 e. The van der Waals surface area contributed by atoms with E-state index in [0.29, 0.717) is 11.6 Å². The Morgan fingerprint density at radius 1 is 1.58 bits per heavy atom. The van der Waals surface area contributed by atoms with Crippen molar-refractivity contribution in [1.29, 1.82) is 0 Å². The van der Waals surface area contributed by atoms with E-state index < -0.39 is 0 Å². The zero-order valence-corrected chi connectivity index (χ0v) is 6.56. The van der Waals surface area contributed by atoms with Crippen molar-refractivity contribution in [2.24, 2.45) is 7.05 Å². The van der Waals surface area contributed by atoms with Crippen molar-refractivity contribution in [3.8, 4) is 11.5 Å². The maximum absolute atomic E-state index is 5.40. The Balaban J connectivity index is 2.50. The second-order valence-electron chi connectivity index (χ2n) is 2.51. The molecule has 0 fully saturated rings. The van der Waals surface area contributed by atoms with Crippen molar-refractivity contribution < 1.29 is 4.52 Å². The first kappa shape index (κ1) is 6.90. The first-order chi connectivity index (χ1) is 5.77. The fourth-order valence-corrected chi connectivity index (χ4v) is 1.00. The Kier molecular flexibility index (Phi) is 1.36. The van der Waals surface area contributed by atoms with Crippen LogP contribution in [0.25, 0.3) is 11.5 Å². The molecular weight excluding hydrogens is 156 g/mol. The predicted octanol–water partition coefficient (Wildman–Crippen LogP) is 0.657. The highest BCUT2D eigenvalue weighted by atomic mass is 16.5. The van der Waals surface area contributed by atoms with E-state index in [0.717, 1.165) is 5.69 Å². The topological polar surface area (TPSA) is 69.9 Å². The highest BCUT2D eigenvalue weighted by Gasteiger charge is 2.07. The fraction of sp³-hybridized carbons (Fsp3) is 0.143. The molecule has 2 heterocycles. The Labute approximate surface area is 68.8 Å². The summed E-state index contributed by atoms with van der Waals surface area (Å²) in [6.07, 6.45) is 3.38. The fourth-order valence-electron chi connectivity index (χ4n) is 1.00. The number of nitrogen functional groups attached to an aromatic ring is 1. The second-order valence-corrected chi connectivity index (χ2v) is 2.51. The molecule has 0 aliphatic carbocycles.